The summed E-state index contributed by atoms with van der Waals surface area (Å²) in [5.74, 6) is -0.473. The molecule has 0 spiro atoms. The summed E-state index contributed by atoms with van der Waals surface area (Å²) in [5, 5.41) is 4.55. The number of carbonyl (C=O) groups is 1. The normalized spacial score (nSPS) is 11.6. The van der Waals surface area contributed by atoms with E-state index in [0.29, 0.717) is 10.0 Å². The van der Waals surface area contributed by atoms with Gasteiger partial charge in [0.05, 0.1) is 16.3 Å². The summed E-state index contributed by atoms with van der Waals surface area (Å²) < 4.78 is 5.05. The summed E-state index contributed by atoms with van der Waals surface area (Å²) in [6.07, 6.45) is 1.44. The maximum Gasteiger partial charge on any atom is 0.347 e. The van der Waals surface area contributed by atoms with Crippen molar-refractivity contribution in [3.63, 3.8) is 0 Å². The second kappa shape index (κ2) is 6.78. The Labute approximate surface area is 122 Å². The van der Waals surface area contributed by atoms with Crippen molar-refractivity contribution in [2.45, 2.75) is 26.4 Å². The highest BCUT2D eigenvalue weighted by molar-refractivity contribution is 6.42. The Morgan fingerprint density at radius 3 is 2.58 bits per heavy atom. The number of oxime groups is 1. The zero-order valence-corrected chi connectivity index (χ0v) is 12.5. The molecule has 0 heterocycles. The van der Waals surface area contributed by atoms with Gasteiger partial charge in [-0.25, -0.2) is 4.79 Å². The van der Waals surface area contributed by atoms with E-state index in [1.165, 1.54) is 6.21 Å². The molecule has 0 saturated heterocycles. The molecule has 4 nitrogen and oxygen atoms in total. The summed E-state index contributed by atoms with van der Waals surface area (Å²) in [7, 11) is 0. The van der Waals surface area contributed by atoms with E-state index in [-0.39, 0.29) is 6.61 Å². The zero-order valence-electron chi connectivity index (χ0n) is 10.9. The van der Waals surface area contributed by atoms with Gasteiger partial charge in [0.25, 0.3) is 0 Å². The monoisotopic (exact) mass is 303 g/mol. The van der Waals surface area contributed by atoms with Crippen LogP contribution in [0.15, 0.2) is 23.4 Å². The van der Waals surface area contributed by atoms with Crippen LogP contribution in [0.5, 0.6) is 0 Å². The predicted molar refractivity (Wildman–Crippen MR) is 75.9 cm³/mol. The van der Waals surface area contributed by atoms with Gasteiger partial charge in [0.1, 0.15) is 5.60 Å². The van der Waals surface area contributed by atoms with Gasteiger partial charge in [-0.3, -0.25) is 0 Å². The van der Waals surface area contributed by atoms with Crippen LogP contribution in [0.2, 0.25) is 10.0 Å². The van der Waals surface area contributed by atoms with Crippen LogP contribution in [0.4, 0.5) is 0 Å². The molecule has 1 aromatic rings. The maximum absolute atomic E-state index is 11.3. The molecule has 1 rings (SSSR count). The van der Waals surface area contributed by atoms with E-state index in [1.54, 1.807) is 39.0 Å². The molecule has 0 atom stereocenters. The molecule has 0 amide bonds. The van der Waals surface area contributed by atoms with Crippen LogP contribution < -0.4 is 0 Å². The lowest BCUT2D eigenvalue weighted by atomic mass is 10.2. The largest absolute Gasteiger partial charge is 0.457 e. The molecular formula is C13H15Cl2NO3. The van der Waals surface area contributed by atoms with Crippen molar-refractivity contribution in [3.8, 4) is 0 Å². The van der Waals surface area contributed by atoms with Crippen LogP contribution in [0, 0.1) is 0 Å². The molecule has 0 aliphatic rings. The number of ether oxygens (including phenoxy) is 1. The molecule has 0 fully saturated rings. The third-order valence-corrected chi connectivity index (χ3v) is 2.56. The molecule has 0 aromatic heterocycles. The molecule has 104 valence electrons. The fraction of sp³-hybridized carbons (Fsp3) is 0.385. The van der Waals surface area contributed by atoms with Crippen molar-refractivity contribution in [1.29, 1.82) is 0 Å². The maximum atomic E-state index is 11.3. The highest BCUT2D eigenvalue weighted by atomic mass is 35.5. The minimum Gasteiger partial charge on any atom is -0.457 e. The first-order valence-electron chi connectivity index (χ1n) is 5.60. The Balaban J connectivity index is 2.42. The molecule has 0 bridgehead atoms. The van der Waals surface area contributed by atoms with Crippen LogP contribution in [-0.4, -0.2) is 24.4 Å². The molecule has 0 radical (unpaired) electrons. The molecule has 6 heteroatoms. The van der Waals surface area contributed by atoms with Crippen molar-refractivity contribution in [1.82, 2.24) is 0 Å². The van der Waals surface area contributed by atoms with Gasteiger partial charge in [0.2, 0.25) is 6.61 Å². The van der Waals surface area contributed by atoms with Gasteiger partial charge in [-0.2, -0.15) is 0 Å². The molecule has 0 N–H and O–H groups in total. The van der Waals surface area contributed by atoms with E-state index >= 15 is 0 Å². The van der Waals surface area contributed by atoms with Crippen LogP contribution in [0.25, 0.3) is 0 Å². The number of hydrogen-bond acceptors (Lipinski definition) is 4. The Hall–Kier alpha value is -1.26. The van der Waals surface area contributed by atoms with Crippen LogP contribution in [-0.2, 0) is 14.4 Å². The summed E-state index contributed by atoms with van der Waals surface area (Å²) in [6, 6.07) is 5.03. The summed E-state index contributed by atoms with van der Waals surface area (Å²) >= 11 is 11.6. The van der Waals surface area contributed by atoms with E-state index in [2.05, 4.69) is 5.16 Å². The highest BCUT2D eigenvalue weighted by Gasteiger charge is 2.16. The van der Waals surface area contributed by atoms with Gasteiger partial charge in [-0.05, 0) is 38.5 Å². The smallest absolute Gasteiger partial charge is 0.347 e. The number of rotatable bonds is 4. The minimum atomic E-state index is -0.534. The first-order chi connectivity index (χ1) is 8.78. The lowest BCUT2D eigenvalue weighted by Gasteiger charge is -2.18. The minimum absolute atomic E-state index is 0.241. The van der Waals surface area contributed by atoms with E-state index in [0.717, 1.165) is 5.56 Å². The molecular weight excluding hydrogens is 289 g/mol. The van der Waals surface area contributed by atoms with Gasteiger partial charge in [0, 0.05) is 0 Å². The standard InChI is InChI=1S/C13H15Cl2NO3/c1-13(2,3)19-12(17)8-18-16-7-9-4-5-10(14)11(15)6-9/h4-7H,8H2,1-3H3/b16-7+. The van der Waals surface area contributed by atoms with Crippen LogP contribution >= 0.6 is 23.2 Å². The number of carbonyl (C=O) groups excluding carboxylic acids is 1. The predicted octanol–water partition coefficient (Wildman–Crippen LogP) is 3.69. The topological polar surface area (TPSA) is 47.9 Å². The SMILES string of the molecule is CC(C)(C)OC(=O)CO/N=C/c1ccc(Cl)c(Cl)c1. The Morgan fingerprint density at radius 1 is 1.32 bits per heavy atom. The first-order valence-corrected chi connectivity index (χ1v) is 6.36. The van der Waals surface area contributed by atoms with Gasteiger partial charge in [-0.1, -0.05) is 34.4 Å². The number of esters is 1. The Morgan fingerprint density at radius 2 is 2.00 bits per heavy atom. The van der Waals surface area contributed by atoms with Crippen molar-refractivity contribution in [2.75, 3.05) is 6.61 Å². The lowest BCUT2D eigenvalue weighted by molar-refractivity contribution is -0.160. The van der Waals surface area contributed by atoms with Crippen LogP contribution in [0.3, 0.4) is 0 Å². The number of hydrogen-bond donors (Lipinski definition) is 0. The first kappa shape index (κ1) is 15.8. The van der Waals surface area contributed by atoms with E-state index < -0.39 is 11.6 Å². The van der Waals surface area contributed by atoms with Crippen molar-refractivity contribution in [2.24, 2.45) is 5.16 Å². The molecule has 19 heavy (non-hydrogen) atoms. The average Bonchev–Trinajstić information content (AvgIpc) is 2.27. The second-order valence-corrected chi connectivity index (χ2v) is 5.58. The Bertz CT molecular complexity index is 481. The fourth-order valence-electron chi connectivity index (χ4n) is 1.15. The van der Waals surface area contributed by atoms with E-state index in [9.17, 15) is 4.79 Å². The summed E-state index contributed by atoms with van der Waals surface area (Å²) in [5.41, 5.74) is 0.187. The van der Waals surface area contributed by atoms with Gasteiger partial charge in [-0.15, -0.1) is 0 Å². The average molecular weight is 304 g/mol. The third-order valence-electron chi connectivity index (χ3n) is 1.82. The Kier molecular flexibility index (Phi) is 5.63. The summed E-state index contributed by atoms with van der Waals surface area (Å²) in [4.78, 5) is 16.1. The van der Waals surface area contributed by atoms with Crippen molar-refractivity contribution < 1.29 is 14.4 Å². The van der Waals surface area contributed by atoms with Crippen LogP contribution in [0.1, 0.15) is 26.3 Å². The molecule has 1 aromatic carbocycles. The number of benzene rings is 1. The second-order valence-electron chi connectivity index (χ2n) is 4.77. The highest BCUT2D eigenvalue weighted by Crippen LogP contribution is 2.21. The molecule has 0 unspecified atom stereocenters. The summed E-state index contributed by atoms with van der Waals surface area (Å²) in [6.45, 7) is 5.10. The van der Waals surface area contributed by atoms with Gasteiger partial charge < -0.3 is 9.57 Å². The van der Waals surface area contributed by atoms with Crippen molar-refractivity contribution in [3.05, 3.63) is 33.8 Å². The van der Waals surface area contributed by atoms with Gasteiger partial charge >= 0.3 is 5.97 Å². The number of nitrogens with zero attached hydrogens (tertiary/aromatic N) is 1. The fourth-order valence-corrected chi connectivity index (χ4v) is 1.46. The van der Waals surface area contributed by atoms with Crippen molar-refractivity contribution >= 4 is 35.4 Å². The quantitative estimate of drug-likeness (QED) is 0.484. The van der Waals surface area contributed by atoms with E-state index in [4.69, 9.17) is 32.8 Å². The molecule has 0 aliphatic heterocycles. The van der Waals surface area contributed by atoms with E-state index in [1.807, 2.05) is 0 Å². The zero-order chi connectivity index (χ0) is 14.5. The molecule has 0 saturated carbocycles. The third kappa shape index (κ3) is 6.45. The number of halogens is 2. The van der Waals surface area contributed by atoms with Gasteiger partial charge in [0.15, 0.2) is 0 Å². The molecule has 0 aliphatic carbocycles. The lowest BCUT2D eigenvalue weighted by Crippen LogP contribution is -2.26.